The molecular formula is C19H14F3NO2. The summed E-state index contributed by atoms with van der Waals surface area (Å²) in [4.78, 5) is 0. The first-order valence-electron chi connectivity index (χ1n) is 7.39. The van der Waals surface area contributed by atoms with Crippen molar-refractivity contribution in [2.75, 3.05) is 5.73 Å². The molecule has 0 bridgehead atoms. The van der Waals surface area contributed by atoms with E-state index in [1.54, 1.807) is 36.4 Å². The van der Waals surface area contributed by atoms with E-state index >= 15 is 0 Å². The monoisotopic (exact) mass is 345 g/mol. The second-order valence-electron chi connectivity index (χ2n) is 5.22. The lowest BCUT2D eigenvalue weighted by molar-refractivity contribution is -0.0498. The first kappa shape index (κ1) is 16.7. The Kier molecular flexibility index (Phi) is 4.79. The molecule has 0 aliphatic carbocycles. The third-order valence-corrected chi connectivity index (χ3v) is 3.40. The van der Waals surface area contributed by atoms with Crippen LogP contribution in [0.25, 0.3) is 11.1 Å². The largest absolute Gasteiger partial charge is 0.457 e. The summed E-state index contributed by atoms with van der Waals surface area (Å²) in [7, 11) is 0. The molecule has 6 heteroatoms. The number of benzene rings is 3. The average Bonchev–Trinajstić information content (AvgIpc) is 2.54. The second kappa shape index (κ2) is 7.17. The van der Waals surface area contributed by atoms with Gasteiger partial charge in [0, 0.05) is 23.4 Å². The van der Waals surface area contributed by atoms with Gasteiger partial charge in [0.1, 0.15) is 23.1 Å². The molecule has 0 saturated heterocycles. The molecule has 0 spiro atoms. The SMILES string of the molecule is Nc1ccc(-c2cccc(OC(F)F)c2)c(Oc2cccc(F)c2)c1. The third-order valence-electron chi connectivity index (χ3n) is 3.40. The fourth-order valence-corrected chi connectivity index (χ4v) is 2.36. The van der Waals surface area contributed by atoms with E-state index in [-0.39, 0.29) is 5.75 Å². The van der Waals surface area contributed by atoms with Crippen molar-refractivity contribution in [3.63, 3.8) is 0 Å². The highest BCUT2D eigenvalue weighted by Gasteiger charge is 2.11. The molecule has 3 rings (SSSR count). The Morgan fingerprint density at radius 2 is 1.60 bits per heavy atom. The molecule has 3 aromatic rings. The smallest absolute Gasteiger partial charge is 0.387 e. The van der Waals surface area contributed by atoms with Crippen molar-refractivity contribution in [3.8, 4) is 28.4 Å². The van der Waals surface area contributed by atoms with Crippen molar-refractivity contribution < 1.29 is 22.6 Å². The number of ether oxygens (including phenoxy) is 2. The first-order chi connectivity index (χ1) is 12.0. The van der Waals surface area contributed by atoms with Gasteiger partial charge in [0.2, 0.25) is 0 Å². The summed E-state index contributed by atoms with van der Waals surface area (Å²) in [5.74, 6) is 0.267. The van der Waals surface area contributed by atoms with E-state index in [4.69, 9.17) is 10.5 Å². The zero-order valence-electron chi connectivity index (χ0n) is 13.0. The molecule has 0 saturated carbocycles. The van der Waals surface area contributed by atoms with E-state index in [9.17, 15) is 13.2 Å². The van der Waals surface area contributed by atoms with E-state index in [1.165, 1.54) is 30.3 Å². The summed E-state index contributed by atoms with van der Waals surface area (Å²) in [6.07, 6.45) is 0. The molecule has 0 fully saturated rings. The number of nitrogen functional groups attached to an aromatic ring is 1. The maximum Gasteiger partial charge on any atom is 0.387 e. The normalized spacial score (nSPS) is 10.7. The number of halogens is 3. The molecule has 0 aliphatic rings. The van der Waals surface area contributed by atoms with Crippen LogP contribution in [-0.4, -0.2) is 6.61 Å². The molecule has 3 aromatic carbocycles. The Balaban J connectivity index is 1.99. The van der Waals surface area contributed by atoms with Crippen LogP contribution in [0.5, 0.6) is 17.2 Å². The predicted octanol–water partition coefficient (Wildman–Crippen LogP) is 5.47. The van der Waals surface area contributed by atoms with Crippen LogP contribution in [0, 0.1) is 5.82 Å². The van der Waals surface area contributed by atoms with Crippen LogP contribution in [0.15, 0.2) is 66.7 Å². The van der Waals surface area contributed by atoms with Crippen LogP contribution in [-0.2, 0) is 0 Å². The molecule has 0 aromatic heterocycles. The third kappa shape index (κ3) is 4.23. The molecule has 3 nitrogen and oxygen atoms in total. The minimum absolute atomic E-state index is 0.0287. The highest BCUT2D eigenvalue weighted by atomic mass is 19.3. The fraction of sp³-hybridized carbons (Fsp3) is 0.0526. The summed E-state index contributed by atoms with van der Waals surface area (Å²) < 4.78 is 48.3. The number of alkyl halides is 2. The van der Waals surface area contributed by atoms with Gasteiger partial charge in [0.05, 0.1) is 0 Å². The number of anilines is 1. The van der Waals surface area contributed by atoms with Crippen LogP contribution < -0.4 is 15.2 Å². The van der Waals surface area contributed by atoms with Gasteiger partial charge in [-0.25, -0.2) is 4.39 Å². The summed E-state index contributed by atoms with van der Waals surface area (Å²) in [5, 5.41) is 0. The Morgan fingerprint density at radius 3 is 2.36 bits per heavy atom. The van der Waals surface area contributed by atoms with Crippen LogP contribution in [0.2, 0.25) is 0 Å². The summed E-state index contributed by atoms with van der Waals surface area (Å²) in [6, 6.07) is 16.8. The topological polar surface area (TPSA) is 44.5 Å². The molecule has 0 radical (unpaired) electrons. The fourth-order valence-electron chi connectivity index (χ4n) is 2.36. The van der Waals surface area contributed by atoms with Crippen LogP contribution in [0.3, 0.4) is 0 Å². The summed E-state index contributed by atoms with van der Waals surface area (Å²) in [6.45, 7) is -2.91. The average molecular weight is 345 g/mol. The molecule has 0 atom stereocenters. The van der Waals surface area contributed by atoms with Crippen molar-refractivity contribution in [3.05, 3.63) is 72.5 Å². The minimum atomic E-state index is -2.91. The van der Waals surface area contributed by atoms with Gasteiger partial charge in [0.15, 0.2) is 0 Å². The van der Waals surface area contributed by atoms with E-state index < -0.39 is 12.4 Å². The van der Waals surface area contributed by atoms with Gasteiger partial charge in [-0.3, -0.25) is 0 Å². The van der Waals surface area contributed by atoms with Crippen molar-refractivity contribution >= 4 is 5.69 Å². The zero-order chi connectivity index (χ0) is 17.8. The van der Waals surface area contributed by atoms with Crippen molar-refractivity contribution in [2.45, 2.75) is 6.61 Å². The Bertz CT molecular complexity index is 884. The standard InChI is InChI=1S/C19H14F3NO2/c20-13-4-2-6-16(10-13)24-18-11-14(23)7-8-17(18)12-3-1-5-15(9-12)25-19(21)22/h1-11,19H,23H2. The Morgan fingerprint density at radius 1 is 0.840 bits per heavy atom. The predicted molar refractivity (Wildman–Crippen MR) is 89.4 cm³/mol. The maximum atomic E-state index is 13.4. The maximum absolute atomic E-state index is 13.4. The highest BCUT2D eigenvalue weighted by Crippen LogP contribution is 2.36. The quantitative estimate of drug-likeness (QED) is 0.624. The summed E-state index contributed by atoms with van der Waals surface area (Å²) >= 11 is 0. The van der Waals surface area contributed by atoms with Gasteiger partial charge in [-0.15, -0.1) is 0 Å². The molecule has 0 aliphatic heterocycles. The van der Waals surface area contributed by atoms with E-state index in [0.717, 1.165) is 0 Å². The van der Waals surface area contributed by atoms with Gasteiger partial charge >= 0.3 is 6.61 Å². The lowest BCUT2D eigenvalue weighted by Crippen LogP contribution is -2.01. The van der Waals surface area contributed by atoms with Crippen LogP contribution >= 0.6 is 0 Å². The van der Waals surface area contributed by atoms with Gasteiger partial charge in [-0.1, -0.05) is 18.2 Å². The molecule has 0 heterocycles. The molecule has 0 amide bonds. The Labute approximate surface area is 142 Å². The van der Waals surface area contributed by atoms with Crippen LogP contribution in [0.1, 0.15) is 0 Å². The zero-order valence-corrected chi connectivity index (χ0v) is 13.0. The van der Waals surface area contributed by atoms with Crippen molar-refractivity contribution in [1.82, 2.24) is 0 Å². The summed E-state index contributed by atoms with van der Waals surface area (Å²) in [5.41, 5.74) is 7.47. The van der Waals surface area contributed by atoms with Gasteiger partial charge in [0.25, 0.3) is 0 Å². The van der Waals surface area contributed by atoms with Gasteiger partial charge in [-0.05, 0) is 42.0 Å². The molecular weight excluding hydrogens is 331 g/mol. The Hall–Kier alpha value is -3.15. The van der Waals surface area contributed by atoms with Gasteiger partial charge in [-0.2, -0.15) is 8.78 Å². The molecule has 0 unspecified atom stereocenters. The second-order valence-corrected chi connectivity index (χ2v) is 5.22. The van der Waals surface area contributed by atoms with Gasteiger partial charge < -0.3 is 15.2 Å². The molecule has 25 heavy (non-hydrogen) atoms. The lowest BCUT2D eigenvalue weighted by atomic mass is 10.0. The minimum Gasteiger partial charge on any atom is -0.457 e. The number of rotatable bonds is 5. The molecule has 2 N–H and O–H groups in total. The molecule has 128 valence electrons. The highest BCUT2D eigenvalue weighted by molar-refractivity contribution is 5.74. The number of hydrogen-bond acceptors (Lipinski definition) is 3. The van der Waals surface area contributed by atoms with E-state index in [1.807, 2.05) is 0 Å². The van der Waals surface area contributed by atoms with E-state index in [0.29, 0.717) is 28.3 Å². The van der Waals surface area contributed by atoms with Crippen molar-refractivity contribution in [2.24, 2.45) is 0 Å². The van der Waals surface area contributed by atoms with E-state index in [2.05, 4.69) is 4.74 Å². The lowest BCUT2D eigenvalue weighted by Gasteiger charge is -2.13. The number of hydrogen-bond donors (Lipinski definition) is 1. The van der Waals surface area contributed by atoms with Crippen LogP contribution in [0.4, 0.5) is 18.9 Å². The first-order valence-corrected chi connectivity index (χ1v) is 7.39. The van der Waals surface area contributed by atoms with Crippen molar-refractivity contribution in [1.29, 1.82) is 0 Å². The number of nitrogens with two attached hydrogens (primary N) is 1.